The minimum absolute atomic E-state index is 0.0534. The number of anilines is 1. The summed E-state index contributed by atoms with van der Waals surface area (Å²) in [5, 5.41) is 2.58. The zero-order valence-electron chi connectivity index (χ0n) is 11.9. The second kappa shape index (κ2) is 6.29. The molecule has 0 aliphatic carbocycles. The maximum absolute atomic E-state index is 13.2. The van der Waals surface area contributed by atoms with Crippen molar-refractivity contribution >= 4 is 29.1 Å². The van der Waals surface area contributed by atoms with E-state index in [0.29, 0.717) is 18.7 Å². The van der Waals surface area contributed by atoms with Crippen molar-refractivity contribution in [3.05, 3.63) is 53.3 Å². The molecule has 2 aromatic rings. The van der Waals surface area contributed by atoms with Crippen molar-refractivity contribution in [1.82, 2.24) is 15.3 Å². The fourth-order valence-corrected chi connectivity index (χ4v) is 2.55. The number of carbonyl (C=O) groups excluding carboxylic acids is 2. The van der Waals surface area contributed by atoms with Gasteiger partial charge in [0, 0.05) is 24.6 Å². The topological polar surface area (TPSA) is 75.2 Å². The highest BCUT2D eigenvalue weighted by molar-refractivity contribution is 6.31. The predicted molar refractivity (Wildman–Crippen MR) is 81.7 cm³/mol. The Kier molecular flexibility index (Phi) is 4.20. The van der Waals surface area contributed by atoms with Crippen molar-refractivity contribution < 1.29 is 14.0 Å². The summed E-state index contributed by atoms with van der Waals surface area (Å²) in [6.45, 7) is 0.409. The van der Waals surface area contributed by atoms with Crippen LogP contribution in [0, 0.1) is 5.82 Å². The monoisotopic (exact) mass is 334 g/mol. The van der Waals surface area contributed by atoms with E-state index >= 15 is 0 Å². The lowest BCUT2D eigenvalue weighted by Crippen LogP contribution is -2.41. The van der Waals surface area contributed by atoms with E-state index < -0.39 is 17.8 Å². The summed E-state index contributed by atoms with van der Waals surface area (Å²) in [6, 6.07) is 3.41. The number of hydrogen-bond donors (Lipinski definition) is 1. The van der Waals surface area contributed by atoms with Gasteiger partial charge in [-0.3, -0.25) is 14.6 Å². The van der Waals surface area contributed by atoms with Gasteiger partial charge in [0.05, 0.1) is 11.2 Å². The Morgan fingerprint density at radius 1 is 1.39 bits per heavy atom. The molecule has 2 heterocycles. The van der Waals surface area contributed by atoms with Crippen molar-refractivity contribution in [3.8, 4) is 0 Å². The number of nitrogens with one attached hydrogen (secondary N) is 1. The first-order chi connectivity index (χ1) is 11.1. The second-order valence-electron chi connectivity index (χ2n) is 4.99. The molecular formula is C15H12ClFN4O2. The fourth-order valence-electron chi connectivity index (χ4n) is 2.37. The summed E-state index contributed by atoms with van der Waals surface area (Å²) < 4.78 is 13.2. The first kappa shape index (κ1) is 15.4. The third-order valence-corrected chi connectivity index (χ3v) is 3.81. The fraction of sp³-hybridized carbons (Fsp3) is 0.200. The Labute approximate surface area is 136 Å². The molecule has 1 N–H and O–H groups in total. The van der Waals surface area contributed by atoms with Crippen LogP contribution < -0.4 is 10.2 Å². The quantitative estimate of drug-likeness (QED) is 0.928. The molecule has 1 saturated heterocycles. The van der Waals surface area contributed by atoms with Gasteiger partial charge in [0.1, 0.15) is 17.6 Å². The van der Waals surface area contributed by atoms with E-state index in [-0.39, 0.29) is 16.6 Å². The molecule has 118 valence electrons. The normalized spacial score (nSPS) is 17.4. The van der Waals surface area contributed by atoms with Crippen LogP contribution in [0.15, 0.2) is 36.8 Å². The van der Waals surface area contributed by atoms with Gasteiger partial charge in [0.2, 0.25) is 5.91 Å². The SMILES string of the molecule is O=C(N[C@@H]1CCN(c2ccc(F)c(Cl)c2)C1=O)c1cnccn1. The largest absolute Gasteiger partial charge is 0.339 e. The Bertz CT molecular complexity index is 756. The molecule has 23 heavy (non-hydrogen) atoms. The Morgan fingerprint density at radius 3 is 2.91 bits per heavy atom. The van der Waals surface area contributed by atoms with Gasteiger partial charge in [-0.05, 0) is 24.6 Å². The van der Waals surface area contributed by atoms with Crippen LogP contribution in [0.25, 0.3) is 0 Å². The highest BCUT2D eigenvalue weighted by Gasteiger charge is 2.34. The number of amides is 2. The van der Waals surface area contributed by atoms with E-state index in [1.165, 1.54) is 41.7 Å². The number of halogens is 2. The summed E-state index contributed by atoms with van der Waals surface area (Å²) in [7, 11) is 0. The molecule has 1 fully saturated rings. The average molecular weight is 335 g/mol. The van der Waals surface area contributed by atoms with Gasteiger partial charge in [-0.15, -0.1) is 0 Å². The highest BCUT2D eigenvalue weighted by Crippen LogP contribution is 2.26. The lowest BCUT2D eigenvalue weighted by atomic mass is 10.2. The number of nitrogens with zero attached hydrogens (tertiary/aromatic N) is 3. The van der Waals surface area contributed by atoms with E-state index in [1.807, 2.05) is 0 Å². The summed E-state index contributed by atoms with van der Waals surface area (Å²) >= 11 is 5.74. The van der Waals surface area contributed by atoms with Crippen molar-refractivity contribution in [2.45, 2.75) is 12.5 Å². The van der Waals surface area contributed by atoms with Crippen LogP contribution in [0.2, 0.25) is 5.02 Å². The third-order valence-electron chi connectivity index (χ3n) is 3.52. The second-order valence-corrected chi connectivity index (χ2v) is 5.40. The van der Waals surface area contributed by atoms with Gasteiger partial charge >= 0.3 is 0 Å². The molecule has 3 rings (SSSR count). The molecule has 0 bridgehead atoms. The van der Waals surface area contributed by atoms with Crippen LogP contribution in [0.1, 0.15) is 16.9 Å². The van der Waals surface area contributed by atoms with Gasteiger partial charge in [0.15, 0.2) is 0 Å². The number of aromatic nitrogens is 2. The van der Waals surface area contributed by atoms with E-state index in [2.05, 4.69) is 15.3 Å². The van der Waals surface area contributed by atoms with Crippen molar-refractivity contribution in [2.24, 2.45) is 0 Å². The van der Waals surface area contributed by atoms with Crippen LogP contribution in [-0.2, 0) is 4.79 Å². The van der Waals surface area contributed by atoms with Crippen molar-refractivity contribution in [1.29, 1.82) is 0 Å². The van der Waals surface area contributed by atoms with Crippen LogP contribution in [0.5, 0.6) is 0 Å². The number of rotatable bonds is 3. The molecule has 6 nitrogen and oxygen atoms in total. The summed E-state index contributed by atoms with van der Waals surface area (Å²) in [5.74, 6) is -1.28. The summed E-state index contributed by atoms with van der Waals surface area (Å²) in [6.07, 6.45) is 4.63. The lowest BCUT2D eigenvalue weighted by molar-refractivity contribution is -0.118. The average Bonchev–Trinajstić information content (AvgIpc) is 2.92. The van der Waals surface area contributed by atoms with Gasteiger partial charge in [0.25, 0.3) is 5.91 Å². The van der Waals surface area contributed by atoms with Crippen LogP contribution >= 0.6 is 11.6 Å². The van der Waals surface area contributed by atoms with Crippen LogP contribution in [0.4, 0.5) is 10.1 Å². The predicted octanol–water partition coefficient (Wildman–Crippen LogP) is 1.80. The molecule has 0 unspecified atom stereocenters. The van der Waals surface area contributed by atoms with E-state index in [1.54, 1.807) is 0 Å². The van der Waals surface area contributed by atoms with Gasteiger partial charge in [-0.2, -0.15) is 0 Å². The lowest BCUT2D eigenvalue weighted by Gasteiger charge is -2.17. The van der Waals surface area contributed by atoms with Crippen molar-refractivity contribution in [2.75, 3.05) is 11.4 Å². The summed E-state index contributed by atoms with van der Waals surface area (Å²) in [5.41, 5.74) is 0.640. The molecule has 1 aliphatic rings. The summed E-state index contributed by atoms with van der Waals surface area (Å²) in [4.78, 5) is 33.6. The molecule has 0 radical (unpaired) electrons. The molecule has 1 atom stereocenters. The Hall–Kier alpha value is -2.54. The van der Waals surface area contributed by atoms with Crippen molar-refractivity contribution in [3.63, 3.8) is 0 Å². The van der Waals surface area contributed by atoms with E-state index in [0.717, 1.165) is 0 Å². The third kappa shape index (κ3) is 3.14. The smallest absolute Gasteiger partial charge is 0.272 e. The molecule has 8 heteroatoms. The molecule has 0 saturated carbocycles. The minimum atomic E-state index is -0.659. The Morgan fingerprint density at radius 2 is 2.22 bits per heavy atom. The zero-order valence-corrected chi connectivity index (χ0v) is 12.6. The molecule has 1 aliphatic heterocycles. The first-order valence-electron chi connectivity index (χ1n) is 6.89. The molecule has 2 amide bonds. The number of carbonyl (C=O) groups is 2. The minimum Gasteiger partial charge on any atom is -0.339 e. The van der Waals surface area contributed by atoms with Crippen LogP contribution in [-0.4, -0.2) is 34.4 Å². The van der Waals surface area contributed by atoms with Crippen LogP contribution in [0.3, 0.4) is 0 Å². The Balaban J connectivity index is 1.71. The maximum Gasteiger partial charge on any atom is 0.272 e. The maximum atomic E-state index is 13.2. The molecule has 1 aromatic carbocycles. The molecule has 1 aromatic heterocycles. The standard InChI is InChI=1S/C15H12ClFN4O2/c16-10-7-9(1-2-11(10)17)21-6-3-12(15(21)23)20-14(22)13-8-18-4-5-19-13/h1-2,4-5,7-8,12H,3,6H2,(H,20,22)/t12-/m1/s1. The number of benzene rings is 1. The number of hydrogen-bond acceptors (Lipinski definition) is 4. The van der Waals surface area contributed by atoms with Gasteiger partial charge in [-0.25, -0.2) is 9.37 Å². The van der Waals surface area contributed by atoms with E-state index in [4.69, 9.17) is 11.6 Å². The van der Waals surface area contributed by atoms with Gasteiger partial charge < -0.3 is 10.2 Å². The van der Waals surface area contributed by atoms with E-state index in [9.17, 15) is 14.0 Å². The molecular weight excluding hydrogens is 323 g/mol. The van der Waals surface area contributed by atoms with Gasteiger partial charge in [-0.1, -0.05) is 11.6 Å². The first-order valence-corrected chi connectivity index (χ1v) is 7.27. The molecule has 0 spiro atoms. The zero-order chi connectivity index (χ0) is 16.4. The highest BCUT2D eigenvalue weighted by atomic mass is 35.5.